The van der Waals surface area contributed by atoms with Crippen LogP contribution in [0, 0.1) is 13.8 Å². The van der Waals surface area contributed by atoms with Crippen molar-refractivity contribution in [2.24, 2.45) is 4.99 Å². The van der Waals surface area contributed by atoms with Crippen LogP contribution in [-0.4, -0.2) is 30.1 Å². The molecule has 0 aromatic carbocycles. The first-order valence-electron chi connectivity index (χ1n) is 6.98. The van der Waals surface area contributed by atoms with Gasteiger partial charge in [0.2, 0.25) is 5.88 Å². The van der Waals surface area contributed by atoms with Crippen molar-refractivity contribution in [2.45, 2.75) is 26.9 Å². The highest BCUT2D eigenvalue weighted by molar-refractivity contribution is 14.0. The Labute approximate surface area is 157 Å². The standard InChI is InChI=1S/C15H21N5OS.HI/c1-10-13(22-11(2)20-10)9-19-15(16-3)18-8-12-5-6-14(21-4)17-7-12;/h5-7H,8-9H2,1-4H3,(H2,16,18,19);1H. The second-order valence-electron chi connectivity index (χ2n) is 4.73. The molecule has 2 aromatic rings. The molecule has 23 heavy (non-hydrogen) atoms. The minimum atomic E-state index is 0. The lowest BCUT2D eigenvalue weighted by Crippen LogP contribution is -2.36. The van der Waals surface area contributed by atoms with Gasteiger partial charge in [0.1, 0.15) is 0 Å². The summed E-state index contributed by atoms with van der Waals surface area (Å²) in [4.78, 5) is 14.1. The molecule has 0 saturated carbocycles. The Hall–Kier alpha value is -1.42. The van der Waals surface area contributed by atoms with Gasteiger partial charge in [-0.2, -0.15) is 0 Å². The second-order valence-corrected chi connectivity index (χ2v) is 6.02. The number of guanidine groups is 1. The number of aliphatic imine (C=N–C) groups is 1. The fraction of sp³-hybridized carbons (Fsp3) is 0.400. The van der Waals surface area contributed by atoms with Crippen molar-refractivity contribution in [3.63, 3.8) is 0 Å². The van der Waals surface area contributed by atoms with Crippen LogP contribution in [0.5, 0.6) is 5.88 Å². The molecule has 8 heteroatoms. The average Bonchev–Trinajstić information content (AvgIpc) is 2.86. The second kappa shape index (κ2) is 9.66. The molecule has 0 radical (unpaired) electrons. The van der Waals surface area contributed by atoms with Gasteiger partial charge in [0.05, 0.1) is 24.4 Å². The highest BCUT2D eigenvalue weighted by Gasteiger charge is 2.06. The number of nitrogens with one attached hydrogen (secondary N) is 2. The van der Waals surface area contributed by atoms with Crippen LogP contribution in [0.4, 0.5) is 0 Å². The monoisotopic (exact) mass is 447 g/mol. The summed E-state index contributed by atoms with van der Waals surface area (Å²) in [6.45, 7) is 5.42. The summed E-state index contributed by atoms with van der Waals surface area (Å²) in [6, 6.07) is 3.82. The topological polar surface area (TPSA) is 71.4 Å². The van der Waals surface area contributed by atoms with Crippen molar-refractivity contribution < 1.29 is 4.74 Å². The maximum Gasteiger partial charge on any atom is 0.212 e. The molecule has 126 valence electrons. The molecule has 0 unspecified atom stereocenters. The summed E-state index contributed by atoms with van der Waals surface area (Å²) in [5, 5.41) is 7.64. The Kier molecular flexibility index (Phi) is 8.24. The predicted octanol–water partition coefficient (Wildman–Crippen LogP) is 2.65. The fourth-order valence-electron chi connectivity index (χ4n) is 1.94. The first kappa shape index (κ1) is 19.6. The van der Waals surface area contributed by atoms with E-state index in [-0.39, 0.29) is 24.0 Å². The van der Waals surface area contributed by atoms with E-state index in [9.17, 15) is 0 Å². The van der Waals surface area contributed by atoms with Crippen LogP contribution in [0.2, 0.25) is 0 Å². The molecule has 0 bridgehead atoms. The van der Waals surface area contributed by atoms with E-state index in [1.54, 1.807) is 31.7 Å². The van der Waals surface area contributed by atoms with Crippen molar-refractivity contribution in [2.75, 3.05) is 14.2 Å². The smallest absolute Gasteiger partial charge is 0.212 e. The molecule has 0 aliphatic carbocycles. The molecule has 0 atom stereocenters. The lowest BCUT2D eigenvalue weighted by atomic mass is 10.3. The van der Waals surface area contributed by atoms with Crippen molar-refractivity contribution >= 4 is 41.3 Å². The lowest BCUT2D eigenvalue weighted by Gasteiger charge is -2.11. The molecular weight excluding hydrogens is 425 g/mol. The molecule has 0 amide bonds. The van der Waals surface area contributed by atoms with Crippen LogP contribution in [0.15, 0.2) is 23.3 Å². The lowest BCUT2D eigenvalue weighted by molar-refractivity contribution is 0.397. The Morgan fingerprint density at radius 1 is 1.26 bits per heavy atom. The highest BCUT2D eigenvalue weighted by Crippen LogP contribution is 2.16. The van der Waals surface area contributed by atoms with Gasteiger partial charge < -0.3 is 15.4 Å². The summed E-state index contributed by atoms with van der Waals surface area (Å²) in [7, 11) is 3.36. The Morgan fingerprint density at radius 2 is 2.00 bits per heavy atom. The zero-order valence-corrected chi connectivity index (χ0v) is 16.9. The third kappa shape index (κ3) is 5.94. The van der Waals surface area contributed by atoms with Crippen LogP contribution in [0.3, 0.4) is 0 Å². The van der Waals surface area contributed by atoms with Crippen LogP contribution in [-0.2, 0) is 13.1 Å². The van der Waals surface area contributed by atoms with Gasteiger partial charge in [0.25, 0.3) is 0 Å². The van der Waals surface area contributed by atoms with Crippen molar-refractivity contribution in [3.05, 3.63) is 39.5 Å². The van der Waals surface area contributed by atoms with E-state index in [0.717, 1.165) is 28.8 Å². The normalized spacial score (nSPS) is 10.9. The fourth-order valence-corrected chi connectivity index (χ4v) is 2.82. The van der Waals surface area contributed by atoms with E-state index in [0.29, 0.717) is 12.4 Å². The number of halogens is 1. The molecule has 0 aliphatic rings. The van der Waals surface area contributed by atoms with Crippen molar-refractivity contribution in [3.8, 4) is 5.88 Å². The molecule has 2 rings (SSSR count). The molecular formula is C15H22IN5OS. The molecule has 0 spiro atoms. The van der Waals surface area contributed by atoms with Gasteiger partial charge in [-0.3, -0.25) is 4.99 Å². The van der Waals surface area contributed by atoms with Gasteiger partial charge in [-0.15, -0.1) is 35.3 Å². The van der Waals surface area contributed by atoms with Gasteiger partial charge in [-0.05, 0) is 19.4 Å². The van der Waals surface area contributed by atoms with E-state index in [2.05, 4.69) is 25.6 Å². The third-order valence-corrected chi connectivity index (χ3v) is 4.18. The van der Waals surface area contributed by atoms with E-state index >= 15 is 0 Å². The number of aromatic nitrogens is 2. The highest BCUT2D eigenvalue weighted by atomic mass is 127. The number of aryl methyl sites for hydroxylation is 2. The number of hydrogen-bond acceptors (Lipinski definition) is 5. The Balaban J connectivity index is 0.00000264. The largest absolute Gasteiger partial charge is 0.481 e. The number of thiazole rings is 1. The molecule has 0 saturated heterocycles. The molecule has 2 heterocycles. The Bertz CT molecular complexity index is 642. The first-order chi connectivity index (χ1) is 10.6. The van der Waals surface area contributed by atoms with E-state index in [4.69, 9.17) is 4.74 Å². The van der Waals surface area contributed by atoms with E-state index in [1.807, 2.05) is 26.0 Å². The van der Waals surface area contributed by atoms with Gasteiger partial charge in [0, 0.05) is 30.7 Å². The minimum Gasteiger partial charge on any atom is -0.481 e. The van der Waals surface area contributed by atoms with Gasteiger partial charge in [-0.1, -0.05) is 6.07 Å². The molecule has 2 aromatic heterocycles. The zero-order chi connectivity index (χ0) is 15.9. The summed E-state index contributed by atoms with van der Waals surface area (Å²) < 4.78 is 5.04. The summed E-state index contributed by atoms with van der Waals surface area (Å²) >= 11 is 1.71. The number of nitrogens with zero attached hydrogens (tertiary/aromatic N) is 3. The maximum absolute atomic E-state index is 5.04. The Morgan fingerprint density at radius 3 is 2.52 bits per heavy atom. The first-order valence-corrected chi connectivity index (χ1v) is 7.80. The predicted molar refractivity (Wildman–Crippen MR) is 105 cm³/mol. The number of hydrogen-bond donors (Lipinski definition) is 2. The quantitative estimate of drug-likeness (QED) is 0.419. The molecule has 2 N–H and O–H groups in total. The number of rotatable bonds is 5. The summed E-state index contributed by atoms with van der Waals surface area (Å²) in [6.07, 6.45) is 1.79. The molecule has 0 fully saturated rings. The summed E-state index contributed by atoms with van der Waals surface area (Å²) in [5.41, 5.74) is 2.14. The van der Waals surface area contributed by atoms with E-state index in [1.165, 1.54) is 4.88 Å². The summed E-state index contributed by atoms with van der Waals surface area (Å²) in [5.74, 6) is 1.36. The van der Waals surface area contributed by atoms with Gasteiger partial charge in [-0.25, -0.2) is 9.97 Å². The van der Waals surface area contributed by atoms with Gasteiger partial charge in [0.15, 0.2) is 5.96 Å². The minimum absolute atomic E-state index is 0. The van der Waals surface area contributed by atoms with E-state index < -0.39 is 0 Å². The average molecular weight is 447 g/mol. The number of pyridine rings is 1. The van der Waals surface area contributed by atoms with Crippen LogP contribution >= 0.6 is 35.3 Å². The van der Waals surface area contributed by atoms with Gasteiger partial charge >= 0.3 is 0 Å². The van der Waals surface area contributed by atoms with Crippen LogP contribution in [0.25, 0.3) is 0 Å². The zero-order valence-electron chi connectivity index (χ0n) is 13.7. The van der Waals surface area contributed by atoms with Crippen molar-refractivity contribution in [1.82, 2.24) is 20.6 Å². The maximum atomic E-state index is 5.04. The number of methoxy groups -OCH3 is 1. The molecule has 6 nitrogen and oxygen atoms in total. The third-order valence-electron chi connectivity index (χ3n) is 3.11. The van der Waals surface area contributed by atoms with Crippen molar-refractivity contribution in [1.29, 1.82) is 0 Å². The molecule has 0 aliphatic heterocycles. The van der Waals surface area contributed by atoms with Crippen LogP contribution < -0.4 is 15.4 Å². The SMILES string of the molecule is CN=C(NCc1ccc(OC)nc1)NCc1sc(C)nc1C.I. The van der Waals surface area contributed by atoms with Crippen LogP contribution in [0.1, 0.15) is 21.1 Å². The number of ether oxygens (including phenoxy) is 1.